The van der Waals surface area contributed by atoms with Crippen molar-refractivity contribution >= 4 is 27.7 Å². The van der Waals surface area contributed by atoms with Gasteiger partial charge in [0.15, 0.2) is 6.61 Å². The van der Waals surface area contributed by atoms with Gasteiger partial charge in [-0.1, -0.05) is 40.2 Å². The van der Waals surface area contributed by atoms with E-state index in [2.05, 4.69) is 21.2 Å². The Morgan fingerprint density at radius 2 is 1.89 bits per heavy atom. The van der Waals surface area contributed by atoms with E-state index in [1.165, 1.54) is 0 Å². The van der Waals surface area contributed by atoms with Gasteiger partial charge in [0, 0.05) is 17.6 Å². The number of likely N-dealkylation sites (N-methyl/N-ethyl adjacent to an activating group) is 1. The first-order valence-electron chi connectivity index (χ1n) is 9.34. The van der Waals surface area contributed by atoms with Crippen molar-refractivity contribution in [1.29, 1.82) is 0 Å². The van der Waals surface area contributed by atoms with E-state index in [0.29, 0.717) is 18.8 Å². The number of nitrogens with one attached hydrogen (secondary N) is 1. The highest BCUT2D eigenvalue weighted by Gasteiger charge is 2.26. The lowest BCUT2D eigenvalue weighted by molar-refractivity contribution is -0.142. The highest BCUT2D eigenvalue weighted by atomic mass is 79.9. The van der Waals surface area contributed by atoms with Crippen LogP contribution >= 0.6 is 15.9 Å². The van der Waals surface area contributed by atoms with Crippen LogP contribution in [0.3, 0.4) is 0 Å². The maximum atomic E-state index is 13.0. The molecule has 2 rings (SSSR count). The van der Waals surface area contributed by atoms with Crippen molar-refractivity contribution in [2.45, 2.75) is 40.3 Å². The van der Waals surface area contributed by atoms with Crippen LogP contribution in [0, 0.1) is 13.8 Å². The van der Waals surface area contributed by atoms with E-state index in [9.17, 15) is 9.59 Å². The lowest BCUT2D eigenvalue weighted by Gasteiger charge is -2.28. The Labute approximate surface area is 175 Å². The predicted molar refractivity (Wildman–Crippen MR) is 114 cm³/mol. The summed E-state index contributed by atoms with van der Waals surface area (Å²) in [6.07, 6.45) is 0. The molecule has 0 heterocycles. The van der Waals surface area contributed by atoms with Crippen LogP contribution in [0.2, 0.25) is 0 Å². The summed E-state index contributed by atoms with van der Waals surface area (Å²) in [5.41, 5.74) is 3.04. The molecule has 0 saturated carbocycles. The second kappa shape index (κ2) is 10.3. The summed E-state index contributed by atoms with van der Waals surface area (Å²) in [6.45, 7) is 8.27. The Hall–Kier alpha value is -2.34. The summed E-state index contributed by atoms with van der Waals surface area (Å²) >= 11 is 3.45. The van der Waals surface area contributed by atoms with Crippen LogP contribution < -0.4 is 10.1 Å². The van der Waals surface area contributed by atoms with Crippen molar-refractivity contribution in [3.05, 3.63) is 63.6 Å². The van der Waals surface area contributed by atoms with Gasteiger partial charge in [0.1, 0.15) is 11.8 Å². The molecular formula is C22H27BrN2O3. The topological polar surface area (TPSA) is 58.6 Å². The second-order valence-electron chi connectivity index (χ2n) is 6.71. The molecule has 2 aromatic carbocycles. The minimum Gasteiger partial charge on any atom is -0.483 e. The van der Waals surface area contributed by atoms with Crippen molar-refractivity contribution in [2.75, 3.05) is 13.2 Å². The molecular weight excluding hydrogens is 420 g/mol. The molecule has 5 nitrogen and oxygen atoms in total. The predicted octanol–water partition coefficient (Wildman–Crippen LogP) is 4.00. The summed E-state index contributed by atoms with van der Waals surface area (Å²) < 4.78 is 6.71. The number of halogens is 1. The average Bonchev–Trinajstić information content (AvgIpc) is 2.66. The fourth-order valence-electron chi connectivity index (χ4n) is 2.84. The number of hydrogen-bond donors (Lipinski definition) is 1. The van der Waals surface area contributed by atoms with Gasteiger partial charge < -0.3 is 15.0 Å². The van der Waals surface area contributed by atoms with E-state index in [1.54, 1.807) is 11.8 Å². The smallest absolute Gasteiger partial charge is 0.261 e. The standard InChI is InChI=1S/C22H27BrN2O3/c1-5-24-22(27)17(4)25(13-18-9-7-10-19(23)12-18)21(26)14-28-20-11-6-8-15(2)16(20)3/h6-12,17H,5,13-14H2,1-4H3,(H,24,27)/t17-/m0/s1. The average molecular weight is 447 g/mol. The maximum absolute atomic E-state index is 13.0. The molecule has 0 aliphatic rings. The third-order valence-electron chi connectivity index (χ3n) is 4.67. The first kappa shape index (κ1) is 22.0. The molecule has 2 aromatic rings. The molecule has 0 spiro atoms. The Morgan fingerprint density at radius 1 is 1.18 bits per heavy atom. The van der Waals surface area contributed by atoms with Gasteiger partial charge in [0.05, 0.1) is 0 Å². The summed E-state index contributed by atoms with van der Waals surface area (Å²) in [4.78, 5) is 26.9. The molecule has 28 heavy (non-hydrogen) atoms. The first-order chi connectivity index (χ1) is 13.3. The van der Waals surface area contributed by atoms with Crippen LogP contribution in [0.15, 0.2) is 46.9 Å². The van der Waals surface area contributed by atoms with Gasteiger partial charge in [-0.3, -0.25) is 9.59 Å². The van der Waals surface area contributed by atoms with E-state index in [4.69, 9.17) is 4.74 Å². The van der Waals surface area contributed by atoms with Gasteiger partial charge in [-0.25, -0.2) is 0 Å². The van der Waals surface area contributed by atoms with Crippen molar-refractivity contribution in [1.82, 2.24) is 10.2 Å². The molecule has 6 heteroatoms. The lowest BCUT2D eigenvalue weighted by Crippen LogP contribution is -2.49. The van der Waals surface area contributed by atoms with Crippen molar-refractivity contribution < 1.29 is 14.3 Å². The normalized spacial score (nSPS) is 11.6. The van der Waals surface area contributed by atoms with Crippen LogP contribution in [0.4, 0.5) is 0 Å². The Balaban J connectivity index is 2.17. The van der Waals surface area contributed by atoms with E-state index in [0.717, 1.165) is 21.2 Å². The third kappa shape index (κ3) is 5.83. The van der Waals surface area contributed by atoms with Gasteiger partial charge >= 0.3 is 0 Å². The number of nitrogens with zero attached hydrogens (tertiary/aromatic N) is 1. The molecule has 2 amide bonds. The maximum Gasteiger partial charge on any atom is 0.261 e. The van der Waals surface area contributed by atoms with E-state index in [1.807, 2.05) is 63.2 Å². The number of hydrogen-bond acceptors (Lipinski definition) is 3. The summed E-state index contributed by atoms with van der Waals surface area (Å²) in [5.74, 6) is 0.263. The van der Waals surface area contributed by atoms with Crippen LogP contribution in [0.5, 0.6) is 5.75 Å². The summed E-state index contributed by atoms with van der Waals surface area (Å²) in [5, 5.41) is 2.79. The minimum absolute atomic E-state index is 0.123. The minimum atomic E-state index is -0.603. The number of benzene rings is 2. The molecule has 1 N–H and O–H groups in total. The van der Waals surface area contributed by atoms with E-state index < -0.39 is 6.04 Å². The largest absolute Gasteiger partial charge is 0.483 e. The van der Waals surface area contributed by atoms with Crippen molar-refractivity contribution in [2.24, 2.45) is 0 Å². The molecule has 1 atom stereocenters. The van der Waals surface area contributed by atoms with Crippen LogP contribution in [-0.4, -0.2) is 35.9 Å². The molecule has 0 aliphatic heterocycles. The summed E-state index contributed by atoms with van der Waals surface area (Å²) in [7, 11) is 0. The van der Waals surface area contributed by atoms with Crippen molar-refractivity contribution in [3.8, 4) is 5.75 Å². The lowest BCUT2D eigenvalue weighted by atomic mass is 10.1. The number of ether oxygens (including phenoxy) is 1. The molecule has 150 valence electrons. The second-order valence-corrected chi connectivity index (χ2v) is 7.62. The Bertz CT molecular complexity index is 838. The quantitative estimate of drug-likeness (QED) is 0.666. The van der Waals surface area contributed by atoms with E-state index >= 15 is 0 Å². The monoisotopic (exact) mass is 446 g/mol. The number of amides is 2. The van der Waals surface area contributed by atoms with Crippen LogP contribution in [0.1, 0.15) is 30.5 Å². The highest BCUT2D eigenvalue weighted by Crippen LogP contribution is 2.21. The molecule has 0 bridgehead atoms. The number of rotatable bonds is 8. The molecule has 0 fully saturated rings. The third-order valence-corrected chi connectivity index (χ3v) is 5.16. The number of carbonyl (C=O) groups is 2. The Morgan fingerprint density at radius 3 is 2.57 bits per heavy atom. The van der Waals surface area contributed by atoms with Gasteiger partial charge in [0.25, 0.3) is 5.91 Å². The Kier molecular flexibility index (Phi) is 8.05. The number of carbonyl (C=O) groups excluding carboxylic acids is 2. The van der Waals surface area contributed by atoms with Crippen LogP contribution in [-0.2, 0) is 16.1 Å². The van der Waals surface area contributed by atoms with Crippen LogP contribution in [0.25, 0.3) is 0 Å². The fourth-order valence-corrected chi connectivity index (χ4v) is 3.29. The molecule has 0 radical (unpaired) electrons. The molecule has 0 saturated heterocycles. The van der Waals surface area contributed by atoms with Gasteiger partial charge in [-0.05, 0) is 62.6 Å². The highest BCUT2D eigenvalue weighted by molar-refractivity contribution is 9.10. The zero-order valence-electron chi connectivity index (χ0n) is 16.8. The molecule has 0 aromatic heterocycles. The van der Waals surface area contributed by atoms with Crippen molar-refractivity contribution in [3.63, 3.8) is 0 Å². The van der Waals surface area contributed by atoms with Gasteiger partial charge in [-0.15, -0.1) is 0 Å². The molecule has 0 unspecified atom stereocenters. The number of aryl methyl sites for hydroxylation is 1. The first-order valence-corrected chi connectivity index (χ1v) is 10.1. The van der Waals surface area contributed by atoms with E-state index in [-0.39, 0.29) is 18.4 Å². The van der Waals surface area contributed by atoms with Gasteiger partial charge in [0.2, 0.25) is 5.91 Å². The zero-order chi connectivity index (χ0) is 20.7. The fraction of sp³-hybridized carbons (Fsp3) is 0.364. The molecule has 0 aliphatic carbocycles. The van der Waals surface area contributed by atoms with Gasteiger partial charge in [-0.2, -0.15) is 0 Å². The SMILES string of the molecule is CCNC(=O)[C@H](C)N(Cc1cccc(Br)c1)C(=O)COc1cccc(C)c1C. The zero-order valence-corrected chi connectivity index (χ0v) is 18.4. The summed E-state index contributed by atoms with van der Waals surface area (Å²) in [6, 6.07) is 12.9.